The van der Waals surface area contributed by atoms with E-state index in [1.165, 1.54) is 0 Å². The Kier molecular flexibility index (Phi) is 4.65. The highest BCUT2D eigenvalue weighted by Crippen LogP contribution is 2.38. The van der Waals surface area contributed by atoms with Crippen LogP contribution in [0.3, 0.4) is 0 Å². The first-order chi connectivity index (χ1) is 9.45. The van der Waals surface area contributed by atoms with E-state index in [9.17, 15) is 8.42 Å². The molecule has 0 amide bonds. The van der Waals surface area contributed by atoms with Gasteiger partial charge in [0.05, 0.1) is 18.0 Å². The molecule has 5 nitrogen and oxygen atoms in total. The van der Waals surface area contributed by atoms with Gasteiger partial charge >= 0.3 is 0 Å². The van der Waals surface area contributed by atoms with Crippen molar-refractivity contribution in [2.75, 3.05) is 23.0 Å². The average Bonchev–Trinajstić information content (AvgIpc) is 2.68. The number of halogens is 1. The maximum atomic E-state index is 11.8. The zero-order valence-corrected chi connectivity index (χ0v) is 13.1. The van der Waals surface area contributed by atoms with Crippen LogP contribution in [0.2, 0.25) is 0 Å². The van der Waals surface area contributed by atoms with Crippen molar-refractivity contribution >= 4 is 27.3 Å². The molecule has 0 aromatic heterocycles. The largest absolute Gasteiger partial charge is 0.492 e. The minimum Gasteiger partial charge on any atom is -0.492 e. The molecule has 7 heteroatoms. The van der Waals surface area contributed by atoms with Gasteiger partial charge in [0.25, 0.3) is 0 Å². The Bertz CT molecular complexity index is 588. The molecule has 0 bridgehead atoms. The normalized spacial score (nSPS) is 17.4. The van der Waals surface area contributed by atoms with E-state index >= 15 is 0 Å². The Morgan fingerprint density at radius 2 is 2.25 bits per heavy atom. The Balaban J connectivity index is 2.34. The molecule has 1 N–H and O–H groups in total. The van der Waals surface area contributed by atoms with Crippen LogP contribution < -0.4 is 14.2 Å². The van der Waals surface area contributed by atoms with Gasteiger partial charge in [-0.2, -0.15) is 0 Å². The van der Waals surface area contributed by atoms with Gasteiger partial charge in [0.2, 0.25) is 10.0 Å². The van der Waals surface area contributed by atoms with E-state index in [0.717, 1.165) is 12.0 Å². The van der Waals surface area contributed by atoms with Gasteiger partial charge in [0, 0.05) is 23.9 Å². The number of hydrogen-bond donors (Lipinski definition) is 1. The van der Waals surface area contributed by atoms with Crippen LogP contribution in [0.15, 0.2) is 12.1 Å². The van der Waals surface area contributed by atoms with Crippen LogP contribution in [0.25, 0.3) is 0 Å². The first kappa shape index (κ1) is 15.3. The van der Waals surface area contributed by atoms with Crippen molar-refractivity contribution in [2.24, 2.45) is 0 Å². The highest BCUT2D eigenvalue weighted by Gasteiger charge is 2.23. The zero-order valence-electron chi connectivity index (χ0n) is 11.5. The Morgan fingerprint density at radius 1 is 1.50 bits per heavy atom. The monoisotopic (exact) mass is 319 g/mol. The number of benzene rings is 1. The van der Waals surface area contributed by atoms with Crippen LogP contribution in [-0.2, 0) is 16.4 Å². The van der Waals surface area contributed by atoms with E-state index in [1.807, 2.05) is 19.9 Å². The van der Waals surface area contributed by atoms with Crippen molar-refractivity contribution in [3.63, 3.8) is 0 Å². The molecule has 2 rings (SSSR count). The third kappa shape index (κ3) is 3.49. The Morgan fingerprint density at radius 3 is 2.90 bits per heavy atom. The molecule has 0 saturated carbocycles. The molecule has 0 fully saturated rings. The summed E-state index contributed by atoms with van der Waals surface area (Å²) in [6, 6.07) is 3.51. The molecule has 0 saturated heterocycles. The number of alkyl halides is 1. The average molecular weight is 320 g/mol. The molecule has 0 radical (unpaired) electrons. The minimum absolute atomic E-state index is 0.0395. The number of fused-ring (bicyclic) bond motifs is 1. The number of nitrogens with one attached hydrogen (secondary N) is 1. The van der Waals surface area contributed by atoms with E-state index in [-0.39, 0.29) is 17.7 Å². The third-order valence-corrected chi connectivity index (χ3v) is 4.59. The molecule has 1 aromatic carbocycles. The van der Waals surface area contributed by atoms with E-state index in [2.05, 4.69) is 4.72 Å². The predicted molar refractivity (Wildman–Crippen MR) is 79.5 cm³/mol. The third-order valence-electron chi connectivity index (χ3n) is 2.91. The number of sulfonamides is 1. The van der Waals surface area contributed by atoms with E-state index in [0.29, 0.717) is 23.8 Å². The summed E-state index contributed by atoms with van der Waals surface area (Å²) in [5.74, 6) is 1.11. The number of anilines is 1. The minimum atomic E-state index is -3.47. The van der Waals surface area contributed by atoms with Gasteiger partial charge in [-0.25, -0.2) is 8.42 Å². The lowest BCUT2D eigenvalue weighted by molar-refractivity contribution is 0.254. The summed E-state index contributed by atoms with van der Waals surface area (Å²) in [6.07, 6.45) is 0.888. The van der Waals surface area contributed by atoms with Crippen LogP contribution in [0.1, 0.15) is 19.4 Å². The molecule has 1 aliphatic heterocycles. The Labute approximate surface area is 124 Å². The summed E-state index contributed by atoms with van der Waals surface area (Å²) in [6.45, 7) is 4.28. The molecule has 1 atom stereocenters. The van der Waals surface area contributed by atoms with E-state index < -0.39 is 10.0 Å². The summed E-state index contributed by atoms with van der Waals surface area (Å²) in [4.78, 5) is 0. The molecule has 112 valence electrons. The summed E-state index contributed by atoms with van der Waals surface area (Å²) in [5, 5.41) is 0. The van der Waals surface area contributed by atoms with Crippen molar-refractivity contribution in [1.29, 1.82) is 0 Å². The first-order valence-corrected chi connectivity index (χ1v) is 8.66. The molecule has 1 unspecified atom stereocenters. The highest BCUT2D eigenvalue weighted by atomic mass is 35.5. The van der Waals surface area contributed by atoms with Crippen molar-refractivity contribution in [1.82, 2.24) is 0 Å². The maximum absolute atomic E-state index is 11.8. The van der Waals surface area contributed by atoms with Crippen LogP contribution >= 0.6 is 11.6 Å². The SMILES string of the molecule is CCOc1cc2c(cc1NS(=O)(=O)CCCl)OC(C)C2. The fraction of sp³-hybridized carbons (Fsp3) is 0.538. The quantitative estimate of drug-likeness (QED) is 0.818. The molecule has 1 aromatic rings. The highest BCUT2D eigenvalue weighted by molar-refractivity contribution is 7.92. The standard InChI is InChI=1S/C13H18ClNO4S/c1-3-18-13-7-10-6-9(2)19-12(10)8-11(13)15-20(16,17)5-4-14/h7-9,15H,3-6H2,1-2H3. The van der Waals surface area contributed by atoms with Crippen molar-refractivity contribution < 1.29 is 17.9 Å². The second kappa shape index (κ2) is 6.10. The molecule has 20 heavy (non-hydrogen) atoms. The second-order valence-corrected chi connectivity index (χ2v) is 6.85. The lowest BCUT2D eigenvalue weighted by Gasteiger charge is -2.14. The number of rotatable bonds is 6. The topological polar surface area (TPSA) is 64.6 Å². The summed E-state index contributed by atoms with van der Waals surface area (Å²) >= 11 is 5.49. The molecular weight excluding hydrogens is 302 g/mol. The van der Waals surface area contributed by atoms with Gasteiger partial charge in [-0.1, -0.05) is 0 Å². The van der Waals surface area contributed by atoms with Crippen LogP contribution in [0, 0.1) is 0 Å². The van der Waals surface area contributed by atoms with Gasteiger partial charge < -0.3 is 9.47 Å². The molecule has 0 spiro atoms. The van der Waals surface area contributed by atoms with Crippen molar-refractivity contribution in [3.05, 3.63) is 17.7 Å². The van der Waals surface area contributed by atoms with Gasteiger partial charge in [-0.15, -0.1) is 11.6 Å². The van der Waals surface area contributed by atoms with Gasteiger partial charge in [0.1, 0.15) is 17.6 Å². The van der Waals surface area contributed by atoms with Crippen LogP contribution in [0.5, 0.6) is 11.5 Å². The smallest absolute Gasteiger partial charge is 0.234 e. The number of ether oxygens (including phenoxy) is 2. The summed E-state index contributed by atoms with van der Waals surface area (Å²) in [5.41, 5.74) is 1.42. The molecule has 0 aliphatic carbocycles. The zero-order chi connectivity index (χ0) is 14.8. The van der Waals surface area contributed by atoms with Gasteiger partial charge in [-0.05, 0) is 19.9 Å². The maximum Gasteiger partial charge on any atom is 0.234 e. The molecular formula is C13H18ClNO4S. The second-order valence-electron chi connectivity index (χ2n) is 4.63. The fourth-order valence-corrected chi connectivity index (χ4v) is 3.52. The molecule has 1 heterocycles. The van der Waals surface area contributed by atoms with E-state index in [1.54, 1.807) is 6.07 Å². The first-order valence-electron chi connectivity index (χ1n) is 6.48. The fourth-order valence-electron chi connectivity index (χ4n) is 2.11. The lowest BCUT2D eigenvalue weighted by atomic mass is 10.1. The van der Waals surface area contributed by atoms with Gasteiger partial charge in [-0.3, -0.25) is 4.72 Å². The molecule has 1 aliphatic rings. The van der Waals surface area contributed by atoms with Crippen molar-refractivity contribution in [3.8, 4) is 11.5 Å². The van der Waals surface area contributed by atoms with Gasteiger partial charge in [0.15, 0.2) is 0 Å². The lowest BCUT2D eigenvalue weighted by Crippen LogP contribution is -2.18. The van der Waals surface area contributed by atoms with Crippen molar-refractivity contribution in [2.45, 2.75) is 26.4 Å². The Hall–Kier alpha value is -1.14. The summed E-state index contributed by atoms with van der Waals surface area (Å²) < 4.78 is 37.3. The van der Waals surface area contributed by atoms with Crippen LogP contribution in [-0.4, -0.2) is 32.8 Å². The number of hydrogen-bond acceptors (Lipinski definition) is 4. The van der Waals surface area contributed by atoms with E-state index in [4.69, 9.17) is 21.1 Å². The summed E-state index contributed by atoms with van der Waals surface area (Å²) in [7, 11) is -3.47. The van der Waals surface area contributed by atoms with Crippen LogP contribution in [0.4, 0.5) is 5.69 Å². The predicted octanol–water partition coefficient (Wildman–Crippen LogP) is 2.39.